The molecule has 0 spiro atoms. The first-order valence-corrected chi connectivity index (χ1v) is 11.5. The highest BCUT2D eigenvalue weighted by Crippen LogP contribution is 2.26. The third-order valence-electron chi connectivity index (χ3n) is 5.74. The molecular weight excluding hydrogens is 412 g/mol. The van der Waals surface area contributed by atoms with E-state index in [4.69, 9.17) is 5.26 Å². The Labute approximate surface area is 182 Å². The fourth-order valence-electron chi connectivity index (χ4n) is 3.86. The van der Waals surface area contributed by atoms with Crippen LogP contribution in [0.25, 0.3) is 11.1 Å². The number of hydrogen-bond donors (Lipinski definition) is 0. The van der Waals surface area contributed by atoms with Gasteiger partial charge in [-0.25, -0.2) is 13.4 Å². The van der Waals surface area contributed by atoms with E-state index in [1.807, 2.05) is 38.5 Å². The fraction of sp³-hybridized carbons (Fsp3) is 0.318. The van der Waals surface area contributed by atoms with Crippen molar-refractivity contribution in [3.8, 4) is 17.2 Å². The molecule has 8 nitrogen and oxygen atoms in total. The minimum atomic E-state index is -3.54. The Balaban J connectivity index is 1.42. The summed E-state index contributed by atoms with van der Waals surface area (Å²) < 4.78 is 29.5. The van der Waals surface area contributed by atoms with Crippen molar-refractivity contribution in [2.24, 2.45) is 7.05 Å². The van der Waals surface area contributed by atoms with Crippen molar-refractivity contribution in [2.75, 3.05) is 25.0 Å². The summed E-state index contributed by atoms with van der Waals surface area (Å²) in [5.41, 5.74) is 2.40. The van der Waals surface area contributed by atoms with Gasteiger partial charge in [0.25, 0.3) is 0 Å². The van der Waals surface area contributed by atoms with Crippen LogP contribution >= 0.6 is 0 Å². The van der Waals surface area contributed by atoms with Gasteiger partial charge in [-0.15, -0.1) is 0 Å². The van der Waals surface area contributed by atoms with Gasteiger partial charge in [0.15, 0.2) is 0 Å². The van der Waals surface area contributed by atoms with Crippen molar-refractivity contribution in [1.29, 1.82) is 5.26 Å². The highest BCUT2D eigenvalue weighted by atomic mass is 32.2. The Morgan fingerprint density at radius 2 is 1.77 bits per heavy atom. The number of hydrogen-bond acceptors (Lipinski definition) is 6. The highest BCUT2D eigenvalue weighted by Gasteiger charge is 2.31. The average Bonchev–Trinajstić information content (AvgIpc) is 3.25. The number of aromatic nitrogens is 3. The molecule has 1 saturated heterocycles. The number of aryl methyl sites for hydroxylation is 1. The molecule has 0 atom stereocenters. The zero-order chi connectivity index (χ0) is 22.0. The summed E-state index contributed by atoms with van der Waals surface area (Å²) in [5.74, 6) is 0.784. The van der Waals surface area contributed by atoms with Gasteiger partial charge in [-0.3, -0.25) is 4.68 Å². The van der Waals surface area contributed by atoms with Crippen molar-refractivity contribution >= 4 is 15.8 Å². The molecule has 3 heterocycles. The molecule has 0 aliphatic carbocycles. The summed E-state index contributed by atoms with van der Waals surface area (Å²) in [6.45, 7) is 0.913. The predicted octanol–water partition coefficient (Wildman–Crippen LogP) is 2.64. The number of nitriles is 1. The summed E-state index contributed by atoms with van der Waals surface area (Å²) >= 11 is 0. The van der Waals surface area contributed by atoms with Crippen molar-refractivity contribution in [3.05, 3.63) is 60.6 Å². The van der Waals surface area contributed by atoms with Gasteiger partial charge in [0.05, 0.1) is 16.7 Å². The molecule has 3 aromatic rings. The molecule has 4 rings (SSSR count). The van der Waals surface area contributed by atoms with Gasteiger partial charge in [-0.05, 0) is 42.7 Å². The SMILES string of the molecule is CN(c1ccc(C#N)cn1)C1CCN(S(=O)(=O)c2ccc(-c3cnn(C)c3)cc2)CC1. The number of benzene rings is 1. The normalized spacial score (nSPS) is 15.5. The second kappa shape index (κ2) is 8.49. The second-order valence-electron chi connectivity index (χ2n) is 7.69. The molecule has 0 saturated carbocycles. The second-order valence-corrected chi connectivity index (χ2v) is 9.63. The number of rotatable bonds is 5. The maximum Gasteiger partial charge on any atom is 0.243 e. The lowest BCUT2D eigenvalue weighted by atomic mass is 10.1. The van der Waals surface area contributed by atoms with Crippen LogP contribution in [0.2, 0.25) is 0 Å². The Hall–Kier alpha value is -3.22. The van der Waals surface area contributed by atoms with Gasteiger partial charge >= 0.3 is 0 Å². The van der Waals surface area contributed by atoms with Crippen molar-refractivity contribution in [2.45, 2.75) is 23.8 Å². The molecule has 9 heteroatoms. The van der Waals surface area contributed by atoms with Crippen LogP contribution in [0.5, 0.6) is 0 Å². The van der Waals surface area contributed by atoms with Crippen LogP contribution < -0.4 is 4.90 Å². The Bertz CT molecular complexity index is 1190. The molecule has 1 aromatic carbocycles. The fourth-order valence-corrected chi connectivity index (χ4v) is 5.33. The van der Waals surface area contributed by atoms with E-state index in [1.165, 1.54) is 0 Å². The minimum absolute atomic E-state index is 0.194. The third-order valence-corrected chi connectivity index (χ3v) is 7.65. The lowest BCUT2D eigenvalue weighted by Gasteiger charge is -2.36. The van der Waals surface area contributed by atoms with Gasteiger partial charge in [-0.1, -0.05) is 12.1 Å². The van der Waals surface area contributed by atoms with Gasteiger partial charge in [0.2, 0.25) is 10.0 Å². The molecule has 160 valence electrons. The highest BCUT2D eigenvalue weighted by molar-refractivity contribution is 7.89. The number of nitrogens with zero attached hydrogens (tertiary/aromatic N) is 6. The van der Waals surface area contributed by atoms with Crippen LogP contribution in [0.3, 0.4) is 0 Å². The number of pyridine rings is 1. The zero-order valence-electron chi connectivity index (χ0n) is 17.5. The van der Waals surface area contributed by atoms with Gasteiger partial charge in [-0.2, -0.15) is 14.7 Å². The van der Waals surface area contributed by atoms with Crippen molar-refractivity contribution in [3.63, 3.8) is 0 Å². The number of anilines is 1. The molecule has 1 aliphatic heterocycles. The van der Waals surface area contributed by atoms with Crippen LogP contribution in [0.1, 0.15) is 18.4 Å². The van der Waals surface area contributed by atoms with E-state index in [0.717, 1.165) is 16.9 Å². The van der Waals surface area contributed by atoms with Crippen molar-refractivity contribution < 1.29 is 8.42 Å². The molecule has 0 N–H and O–H groups in total. The van der Waals surface area contributed by atoms with Crippen LogP contribution in [0.15, 0.2) is 59.9 Å². The molecule has 1 fully saturated rings. The number of sulfonamides is 1. The molecule has 0 unspecified atom stereocenters. The smallest absolute Gasteiger partial charge is 0.243 e. The van der Waals surface area contributed by atoms with E-state index in [-0.39, 0.29) is 6.04 Å². The van der Waals surface area contributed by atoms with E-state index in [0.29, 0.717) is 36.4 Å². The number of piperidine rings is 1. The van der Waals surface area contributed by atoms with E-state index in [2.05, 4.69) is 21.1 Å². The topological polar surface area (TPSA) is 95.1 Å². The molecule has 0 bridgehead atoms. The quantitative estimate of drug-likeness (QED) is 0.610. The predicted molar refractivity (Wildman–Crippen MR) is 118 cm³/mol. The van der Waals surface area contributed by atoms with Gasteiger partial charge in [0, 0.05) is 51.2 Å². The first-order chi connectivity index (χ1) is 14.9. The van der Waals surface area contributed by atoms with Crippen LogP contribution in [0.4, 0.5) is 5.82 Å². The third kappa shape index (κ3) is 4.31. The van der Waals surface area contributed by atoms with Gasteiger partial charge < -0.3 is 4.90 Å². The first-order valence-electron chi connectivity index (χ1n) is 10.1. The van der Waals surface area contributed by atoms with E-state index in [1.54, 1.807) is 39.6 Å². The first kappa shape index (κ1) is 21.0. The molecular formula is C22H24N6O2S. The molecule has 2 aromatic heterocycles. The summed E-state index contributed by atoms with van der Waals surface area (Å²) in [6.07, 6.45) is 6.64. The summed E-state index contributed by atoms with van der Waals surface area (Å²) in [5, 5.41) is 13.1. The Morgan fingerprint density at radius 3 is 2.32 bits per heavy atom. The Morgan fingerprint density at radius 1 is 1.06 bits per heavy atom. The molecule has 0 amide bonds. The lowest BCUT2D eigenvalue weighted by molar-refractivity contribution is 0.314. The van der Waals surface area contributed by atoms with E-state index in [9.17, 15) is 8.42 Å². The van der Waals surface area contributed by atoms with Crippen LogP contribution in [-0.4, -0.2) is 53.7 Å². The Kier molecular flexibility index (Phi) is 5.76. The molecule has 1 aliphatic rings. The maximum atomic E-state index is 13.1. The van der Waals surface area contributed by atoms with E-state index < -0.39 is 10.0 Å². The largest absolute Gasteiger partial charge is 0.357 e. The zero-order valence-corrected chi connectivity index (χ0v) is 18.3. The average molecular weight is 437 g/mol. The van der Waals surface area contributed by atoms with Crippen molar-refractivity contribution in [1.82, 2.24) is 19.1 Å². The monoisotopic (exact) mass is 436 g/mol. The summed E-state index contributed by atoms with van der Waals surface area (Å²) in [6, 6.07) is 12.8. The maximum absolute atomic E-state index is 13.1. The minimum Gasteiger partial charge on any atom is -0.357 e. The summed E-state index contributed by atoms with van der Waals surface area (Å²) in [4.78, 5) is 6.71. The van der Waals surface area contributed by atoms with E-state index >= 15 is 0 Å². The molecule has 0 radical (unpaired) electrons. The lowest BCUT2D eigenvalue weighted by Crippen LogP contribution is -2.45. The standard InChI is InChI=1S/C22H24N6O2S/c1-26-16-19(15-25-26)18-4-6-21(7-5-18)31(29,30)28-11-9-20(10-12-28)27(2)22-8-3-17(13-23)14-24-22/h3-8,14-16,20H,9-12H2,1-2H3. The summed E-state index contributed by atoms with van der Waals surface area (Å²) in [7, 11) is 0.270. The molecule has 31 heavy (non-hydrogen) atoms. The van der Waals surface area contributed by atoms with Crippen LogP contribution in [-0.2, 0) is 17.1 Å². The van der Waals surface area contributed by atoms with Crippen LogP contribution in [0, 0.1) is 11.3 Å². The van der Waals surface area contributed by atoms with Gasteiger partial charge in [0.1, 0.15) is 11.9 Å².